The van der Waals surface area contributed by atoms with Gasteiger partial charge in [-0.15, -0.1) is 0 Å². The number of rotatable bonds is 10. The van der Waals surface area contributed by atoms with E-state index in [1.165, 1.54) is 36.4 Å². The van der Waals surface area contributed by atoms with Crippen LogP contribution >= 0.6 is 0 Å². The van der Waals surface area contributed by atoms with Crippen LogP contribution in [0.4, 0.5) is 4.79 Å². The number of phenolic OH excluding ortho intramolecular Hbond substituents is 1. The second kappa shape index (κ2) is 12.5. The molecule has 2 aromatic carbocycles. The number of nitrogens with one attached hydrogen (secondary N) is 1. The van der Waals surface area contributed by atoms with Crippen LogP contribution in [-0.4, -0.2) is 74.0 Å². The molecule has 37 heavy (non-hydrogen) atoms. The molecule has 1 aliphatic rings. The van der Waals surface area contributed by atoms with Gasteiger partial charge >= 0.3 is 6.03 Å². The quantitative estimate of drug-likeness (QED) is 0.335. The molecule has 1 saturated heterocycles. The Morgan fingerprint density at radius 1 is 1.03 bits per heavy atom. The summed E-state index contributed by atoms with van der Waals surface area (Å²) in [5.74, 6) is -0.0963. The van der Waals surface area contributed by atoms with Gasteiger partial charge in [0, 0.05) is 31.1 Å². The highest BCUT2D eigenvalue weighted by molar-refractivity contribution is 7.92. The lowest BCUT2D eigenvalue weighted by molar-refractivity contribution is 0.0522. The number of hydrogen-bond acceptors (Lipinski definition) is 8. The maximum Gasteiger partial charge on any atom is 0.318 e. The summed E-state index contributed by atoms with van der Waals surface area (Å²) >= 11 is 0. The zero-order valence-corrected chi connectivity index (χ0v) is 22.0. The molecule has 2 amide bonds. The third-order valence-electron chi connectivity index (χ3n) is 6.28. The van der Waals surface area contributed by atoms with Crippen LogP contribution in [-0.2, 0) is 21.0 Å². The van der Waals surface area contributed by atoms with Crippen molar-refractivity contribution in [3.63, 3.8) is 0 Å². The molecule has 3 atom stereocenters. The lowest BCUT2D eigenvalue weighted by Gasteiger charge is -2.29. The van der Waals surface area contributed by atoms with Gasteiger partial charge in [0.1, 0.15) is 11.1 Å². The summed E-state index contributed by atoms with van der Waals surface area (Å²) in [6, 6.07) is 9.85. The fourth-order valence-electron chi connectivity index (χ4n) is 4.16. The van der Waals surface area contributed by atoms with E-state index in [1.807, 2.05) is 13.8 Å². The summed E-state index contributed by atoms with van der Waals surface area (Å²) in [5.41, 5.74) is 13.0. The van der Waals surface area contributed by atoms with E-state index < -0.39 is 27.3 Å². The summed E-state index contributed by atoms with van der Waals surface area (Å²) in [4.78, 5) is 27.9. The zero-order chi connectivity index (χ0) is 27.2. The first-order valence-corrected chi connectivity index (χ1v) is 13.8. The smallest absolute Gasteiger partial charge is 0.318 e. The fourth-order valence-corrected chi connectivity index (χ4v) is 5.56. The molecule has 11 heteroatoms. The molecule has 1 heterocycles. The number of phenols is 1. The Morgan fingerprint density at radius 3 is 2.19 bits per heavy atom. The van der Waals surface area contributed by atoms with Crippen molar-refractivity contribution < 1.29 is 27.9 Å². The minimum Gasteiger partial charge on any atom is -0.508 e. The Balaban J connectivity index is 1.81. The Labute approximate surface area is 217 Å². The summed E-state index contributed by atoms with van der Waals surface area (Å²) in [6.07, 6.45) is 0.642. The number of nitrogens with zero attached hydrogens (tertiary/aromatic N) is 1. The molecule has 6 N–H and O–H groups in total. The first-order chi connectivity index (χ1) is 17.5. The molecule has 0 saturated carbocycles. The number of ketones is 1. The summed E-state index contributed by atoms with van der Waals surface area (Å²) in [6.45, 7) is 5.54. The Hall–Kier alpha value is -2.99. The first kappa shape index (κ1) is 28.6. The van der Waals surface area contributed by atoms with Crippen LogP contribution in [0.3, 0.4) is 0 Å². The fraction of sp³-hybridized carbons (Fsp3) is 0.462. The molecule has 1 fully saturated rings. The number of sulfone groups is 1. The predicted octanol–water partition coefficient (Wildman–Crippen LogP) is 1.66. The van der Waals surface area contributed by atoms with Gasteiger partial charge in [0.2, 0.25) is 0 Å². The van der Waals surface area contributed by atoms with E-state index in [2.05, 4.69) is 5.32 Å². The van der Waals surface area contributed by atoms with Crippen molar-refractivity contribution in [1.29, 1.82) is 0 Å². The maximum absolute atomic E-state index is 13.5. The van der Waals surface area contributed by atoms with Crippen LogP contribution in [0.25, 0.3) is 0 Å². The van der Waals surface area contributed by atoms with E-state index in [-0.39, 0.29) is 40.4 Å². The van der Waals surface area contributed by atoms with E-state index in [9.17, 15) is 23.1 Å². The molecule has 0 aliphatic carbocycles. The number of hydrogen-bond donors (Lipinski definition) is 4. The van der Waals surface area contributed by atoms with E-state index in [0.29, 0.717) is 32.7 Å². The van der Waals surface area contributed by atoms with Gasteiger partial charge in [0.05, 0.1) is 24.2 Å². The van der Waals surface area contributed by atoms with Gasteiger partial charge in [-0.25, -0.2) is 13.2 Å². The summed E-state index contributed by atoms with van der Waals surface area (Å²) < 4.78 is 31.2. The van der Waals surface area contributed by atoms with Crippen molar-refractivity contribution in [3.8, 4) is 5.75 Å². The van der Waals surface area contributed by atoms with Crippen molar-refractivity contribution in [2.45, 2.75) is 49.0 Å². The molecular weight excluding hydrogens is 496 g/mol. The lowest BCUT2D eigenvalue weighted by atomic mass is 9.97. The molecule has 0 spiro atoms. The van der Waals surface area contributed by atoms with E-state index in [0.717, 1.165) is 5.56 Å². The predicted molar refractivity (Wildman–Crippen MR) is 140 cm³/mol. The number of amides is 2. The third-order valence-corrected chi connectivity index (χ3v) is 8.28. The SMILES string of the molecule is CC(C)CC(N)C(N)S(=O)(=O)c1ccc(C(=O)[C@H](Cc2ccc(O)cc2)NC(=O)N2CCOCC2)cc1. The highest BCUT2D eigenvalue weighted by Gasteiger charge is 2.31. The van der Waals surface area contributed by atoms with Gasteiger partial charge in [-0.3, -0.25) is 4.79 Å². The topological polar surface area (TPSA) is 165 Å². The van der Waals surface area contributed by atoms with E-state index in [1.54, 1.807) is 17.0 Å². The van der Waals surface area contributed by atoms with Crippen LogP contribution in [0.15, 0.2) is 53.4 Å². The molecular formula is C26H36N4O6S. The minimum atomic E-state index is -3.90. The van der Waals surface area contributed by atoms with Crippen molar-refractivity contribution in [2.24, 2.45) is 17.4 Å². The number of ether oxygens (including phenoxy) is 1. The number of Topliss-reactive ketones (excluding diaryl/α,β-unsaturated/α-hetero) is 1. The molecule has 2 unspecified atom stereocenters. The normalized spacial score (nSPS) is 16.7. The number of nitrogens with two attached hydrogens (primary N) is 2. The molecule has 0 aromatic heterocycles. The molecule has 10 nitrogen and oxygen atoms in total. The molecule has 202 valence electrons. The Bertz CT molecular complexity index is 1160. The van der Waals surface area contributed by atoms with Crippen molar-refractivity contribution in [1.82, 2.24) is 10.2 Å². The van der Waals surface area contributed by atoms with Gasteiger partial charge in [-0.05, 0) is 42.2 Å². The van der Waals surface area contributed by atoms with Crippen molar-refractivity contribution in [3.05, 3.63) is 59.7 Å². The summed E-state index contributed by atoms with van der Waals surface area (Å²) in [7, 11) is -3.90. The average molecular weight is 533 g/mol. The molecule has 1 aliphatic heterocycles. The van der Waals surface area contributed by atoms with Crippen LogP contribution in [0.5, 0.6) is 5.75 Å². The van der Waals surface area contributed by atoms with Crippen LogP contribution in [0.2, 0.25) is 0 Å². The van der Waals surface area contributed by atoms with E-state index >= 15 is 0 Å². The van der Waals surface area contributed by atoms with E-state index in [4.69, 9.17) is 16.2 Å². The lowest BCUT2D eigenvalue weighted by Crippen LogP contribution is -2.51. The number of carbonyl (C=O) groups excluding carboxylic acids is 2. The maximum atomic E-state index is 13.5. The molecule has 0 radical (unpaired) electrons. The van der Waals surface area contributed by atoms with Crippen LogP contribution in [0, 0.1) is 5.92 Å². The number of carbonyl (C=O) groups is 2. The number of morpholine rings is 1. The summed E-state index contributed by atoms with van der Waals surface area (Å²) in [5, 5.41) is 11.1. The van der Waals surface area contributed by atoms with Gasteiger partial charge in [-0.2, -0.15) is 0 Å². The molecule has 3 rings (SSSR count). The zero-order valence-electron chi connectivity index (χ0n) is 21.2. The molecule has 2 aromatic rings. The van der Waals surface area contributed by atoms with Crippen LogP contribution < -0.4 is 16.8 Å². The number of urea groups is 1. The highest BCUT2D eigenvalue weighted by atomic mass is 32.2. The van der Waals surface area contributed by atoms with Crippen molar-refractivity contribution in [2.75, 3.05) is 26.3 Å². The minimum absolute atomic E-state index is 0.0248. The Morgan fingerprint density at radius 2 is 1.62 bits per heavy atom. The number of benzene rings is 2. The standard InChI is InChI=1S/C26H36N4O6S/c1-17(2)15-22(27)25(28)37(34,35)21-9-5-19(6-10-21)24(32)23(16-18-3-7-20(31)8-4-18)29-26(33)30-11-13-36-14-12-30/h3-10,17,22-23,25,31H,11-16,27-28H2,1-2H3,(H,29,33)/t22?,23-,25?/m0/s1. The number of aromatic hydroxyl groups is 1. The first-order valence-electron chi connectivity index (χ1n) is 12.3. The van der Waals surface area contributed by atoms with Gasteiger partial charge < -0.3 is 31.5 Å². The largest absolute Gasteiger partial charge is 0.508 e. The van der Waals surface area contributed by atoms with Gasteiger partial charge in [-0.1, -0.05) is 38.1 Å². The Kier molecular flexibility index (Phi) is 9.66. The average Bonchev–Trinajstić information content (AvgIpc) is 2.88. The van der Waals surface area contributed by atoms with Crippen molar-refractivity contribution >= 4 is 21.7 Å². The van der Waals surface area contributed by atoms with Crippen LogP contribution in [0.1, 0.15) is 36.2 Å². The highest BCUT2D eigenvalue weighted by Crippen LogP contribution is 2.20. The second-order valence-corrected chi connectivity index (χ2v) is 11.8. The van der Waals surface area contributed by atoms with Gasteiger partial charge in [0.15, 0.2) is 15.6 Å². The second-order valence-electron chi connectivity index (χ2n) is 9.66. The third kappa shape index (κ3) is 7.51. The molecule has 0 bridgehead atoms. The van der Waals surface area contributed by atoms with Gasteiger partial charge in [0.25, 0.3) is 0 Å². The monoisotopic (exact) mass is 532 g/mol.